The van der Waals surface area contributed by atoms with E-state index in [4.69, 9.17) is 0 Å². The summed E-state index contributed by atoms with van der Waals surface area (Å²) in [4.78, 5) is 4.65. The van der Waals surface area contributed by atoms with E-state index in [2.05, 4.69) is 31.1 Å². The van der Waals surface area contributed by atoms with Crippen LogP contribution in [0.3, 0.4) is 0 Å². The van der Waals surface area contributed by atoms with Gasteiger partial charge in [-0.15, -0.1) is 11.3 Å². The molecule has 108 valence electrons. The van der Waals surface area contributed by atoms with Crippen molar-refractivity contribution in [2.75, 3.05) is 6.61 Å². The first kappa shape index (κ1) is 15.1. The molecule has 1 aromatic heterocycles. The van der Waals surface area contributed by atoms with Crippen molar-refractivity contribution in [1.82, 2.24) is 4.98 Å². The molecule has 1 aromatic carbocycles. The molecule has 1 atom stereocenters. The maximum Gasteiger partial charge on any atom is 0.123 e. The van der Waals surface area contributed by atoms with Gasteiger partial charge < -0.3 is 5.11 Å². The molecule has 0 amide bonds. The number of benzene rings is 1. The average molecular weight is 293 g/mol. The van der Waals surface area contributed by atoms with E-state index in [1.807, 2.05) is 0 Å². The average Bonchev–Trinajstić information content (AvgIpc) is 2.85. The van der Waals surface area contributed by atoms with Crippen LogP contribution in [-0.2, 0) is 11.8 Å². The second kappa shape index (κ2) is 6.02. The zero-order valence-corrected chi connectivity index (χ0v) is 12.9. The van der Waals surface area contributed by atoms with Crippen LogP contribution in [0.15, 0.2) is 29.6 Å². The van der Waals surface area contributed by atoms with Crippen molar-refractivity contribution in [3.8, 4) is 0 Å². The molecule has 0 bridgehead atoms. The fraction of sp³-hybridized carbons (Fsp3) is 0.438. The molecule has 0 aliphatic heterocycles. The van der Waals surface area contributed by atoms with Crippen LogP contribution in [0.25, 0.3) is 0 Å². The summed E-state index contributed by atoms with van der Waals surface area (Å²) in [6, 6.07) is 6.32. The number of thiazole rings is 1. The Hall–Kier alpha value is -1.26. The summed E-state index contributed by atoms with van der Waals surface area (Å²) < 4.78 is 12.9. The minimum Gasteiger partial charge on any atom is -0.396 e. The van der Waals surface area contributed by atoms with Crippen LogP contribution in [0.4, 0.5) is 4.39 Å². The molecule has 1 heterocycles. The maximum atomic E-state index is 12.9. The number of rotatable bonds is 4. The van der Waals surface area contributed by atoms with Crippen molar-refractivity contribution >= 4 is 11.3 Å². The van der Waals surface area contributed by atoms with Crippen LogP contribution in [0.5, 0.6) is 0 Å². The molecule has 0 radical (unpaired) electrons. The van der Waals surface area contributed by atoms with Gasteiger partial charge in [0.15, 0.2) is 0 Å². The SMILES string of the molecule is CC(C)(C)c1csc(CC(CO)c2ccc(F)cc2)n1. The Kier molecular flexibility index (Phi) is 4.55. The molecule has 2 nitrogen and oxygen atoms in total. The van der Waals surface area contributed by atoms with Gasteiger partial charge in [0.05, 0.1) is 17.3 Å². The summed E-state index contributed by atoms with van der Waals surface area (Å²) in [5.74, 6) is -0.288. The van der Waals surface area contributed by atoms with Gasteiger partial charge in [-0.05, 0) is 17.7 Å². The summed E-state index contributed by atoms with van der Waals surface area (Å²) in [5, 5.41) is 12.6. The van der Waals surface area contributed by atoms with Crippen LogP contribution < -0.4 is 0 Å². The first-order chi connectivity index (χ1) is 9.40. The van der Waals surface area contributed by atoms with E-state index in [0.717, 1.165) is 16.3 Å². The Morgan fingerprint density at radius 2 is 1.90 bits per heavy atom. The third kappa shape index (κ3) is 3.64. The van der Waals surface area contributed by atoms with Crippen LogP contribution in [0, 0.1) is 5.82 Å². The zero-order valence-electron chi connectivity index (χ0n) is 12.1. The third-order valence-corrected chi connectivity index (χ3v) is 4.17. The second-order valence-corrected chi connectivity index (χ2v) is 6.95. The predicted molar refractivity (Wildman–Crippen MR) is 80.7 cm³/mol. The Bertz CT molecular complexity index is 557. The number of nitrogens with zero attached hydrogens (tertiary/aromatic N) is 1. The highest BCUT2D eigenvalue weighted by Crippen LogP contribution is 2.27. The lowest BCUT2D eigenvalue weighted by Gasteiger charge is -2.15. The largest absolute Gasteiger partial charge is 0.396 e. The van der Waals surface area contributed by atoms with Gasteiger partial charge in [-0.2, -0.15) is 0 Å². The summed E-state index contributed by atoms with van der Waals surface area (Å²) in [5.41, 5.74) is 2.06. The predicted octanol–water partition coefficient (Wildman–Crippen LogP) is 3.90. The van der Waals surface area contributed by atoms with Crippen molar-refractivity contribution < 1.29 is 9.50 Å². The summed E-state index contributed by atoms with van der Waals surface area (Å²) in [6.07, 6.45) is 0.683. The zero-order chi connectivity index (χ0) is 14.8. The van der Waals surface area contributed by atoms with Crippen molar-refractivity contribution in [3.63, 3.8) is 0 Å². The molecule has 2 rings (SSSR count). The minimum absolute atomic E-state index is 0.0328. The molecule has 4 heteroatoms. The standard InChI is InChI=1S/C16H20FNOS/c1-16(2,3)14-10-20-15(18-14)8-12(9-19)11-4-6-13(17)7-5-11/h4-7,10,12,19H,8-9H2,1-3H3. The minimum atomic E-state index is -0.255. The number of aliphatic hydroxyl groups is 1. The molecule has 1 unspecified atom stereocenters. The number of aliphatic hydroxyl groups excluding tert-OH is 1. The van der Waals surface area contributed by atoms with Crippen LogP contribution in [-0.4, -0.2) is 16.7 Å². The lowest BCUT2D eigenvalue weighted by molar-refractivity contribution is 0.264. The van der Waals surface area contributed by atoms with Crippen molar-refractivity contribution in [2.45, 2.75) is 38.5 Å². The molecule has 0 saturated heterocycles. The highest BCUT2D eigenvalue weighted by atomic mass is 32.1. The Balaban J connectivity index is 2.14. The van der Waals surface area contributed by atoms with Crippen molar-refractivity contribution in [1.29, 1.82) is 0 Å². The summed E-state index contributed by atoms with van der Waals surface area (Å²) in [7, 11) is 0. The Morgan fingerprint density at radius 1 is 1.25 bits per heavy atom. The molecule has 20 heavy (non-hydrogen) atoms. The van der Waals surface area contributed by atoms with Gasteiger partial charge in [-0.3, -0.25) is 0 Å². The van der Waals surface area contributed by atoms with Gasteiger partial charge in [-0.1, -0.05) is 32.9 Å². The lowest BCUT2D eigenvalue weighted by atomic mass is 9.93. The van der Waals surface area contributed by atoms with E-state index in [-0.39, 0.29) is 23.8 Å². The first-order valence-corrected chi connectivity index (χ1v) is 7.59. The number of aromatic nitrogens is 1. The summed E-state index contributed by atoms with van der Waals surface area (Å²) in [6.45, 7) is 6.44. The maximum absolute atomic E-state index is 12.9. The Morgan fingerprint density at radius 3 is 2.40 bits per heavy atom. The topological polar surface area (TPSA) is 33.1 Å². The molecular weight excluding hydrogens is 273 g/mol. The van der Waals surface area contributed by atoms with Gasteiger partial charge >= 0.3 is 0 Å². The fourth-order valence-corrected chi connectivity index (χ4v) is 3.09. The smallest absolute Gasteiger partial charge is 0.123 e. The molecule has 0 aliphatic rings. The van der Waals surface area contributed by atoms with Crippen molar-refractivity contribution in [3.05, 3.63) is 51.7 Å². The normalized spacial score (nSPS) is 13.4. The van der Waals surface area contributed by atoms with E-state index in [0.29, 0.717) is 6.42 Å². The number of hydrogen-bond donors (Lipinski definition) is 1. The van der Waals surface area contributed by atoms with E-state index < -0.39 is 0 Å². The summed E-state index contributed by atoms with van der Waals surface area (Å²) >= 11 is 1.62. The molecule has 1 N–H and O–H groups in total. The number of halogens is 1. The fourth-order valence-electron chi connectivity index (χ4n) is 1.98. The van der Waals surface area contributed by atoms with E-state index >= 15 is 0 Å². The molecule has 0 fully saturated rings. The third-order valence-electron chi connectivity index (χ3n) is 3.30. The van der Waals surface area contributed by atoms with Gasteiger partial charge in [0.25, 0.3) is 0 Å². The molecule has 2 aromatic rings. The number of hydrogen-bond acceptors (Lipinski definition) is 3. The van der Waals surface area contributed by atoms with Crippen LogP contribution in [0.2, 0.25) is 0 Å². The lowest BCUT2D eigenvalue weighted by Crippen LogP contribution is -2.12. The van der Waals surface area contributed by atoms with Crippen LogP contribution in [0.1, 0.15) is 43.0 Å². The van der Waals surface area contributed by atoms with E-state index in [1.165, 1.54) is 12.1 Å². The first-order valence-electron chi connectivity index (χ1n) is 6.71. The quantitative estimate of drug-likeness (QED) is 0.927. The van der Waals surface area contributed by atoms with Gasteiger partial charge in [0, 0.05) is 23.1 Å². The highest BCUT2D eigenvalue weighted by molar-refractivity contribution is 7.09. The van der Waals surface area contributed by atoms with E-state index in [1.54, 1.807) is 23.5 Å². The molecule has 0 spiro atoms. The molecule has 0 saturated carbocycles. The van der Waals surface area contributed by atoms with Gasteiger partial charge in [0.1, 0.15) is 5.82 Å². The second-order valence-electron chi connectivity index (χ2n) is 6.01. The van der Waals surface area contributed by atoms with Gasteiger partial charge in [-0.25, -0.2) is 9.37 Å². The van der Waals surface area contributed by atoms with E-state index in [9.17, 15) is 9.50 Å². The highest BCUT2D eigenvalue weighted by Gasteiger charge is 2.19. The van der Waals surface area contributed by atoms with Gasteiger partial charge in [0.2, 0.25) is 0 Å². The van der Waals surface area contributed by atoms with Crippen LogP contribution >= 0.6 is 11.3 Å². The molecular formula is C16H20FNOS. The molecule has 0 aliphatic carbocycles. The monoisotopic (exact) mass is 293 g/mol. The Labute approximate surface area is 123 Å². The van der Waals surface area contributed by atoms with Crippen molar-refractivity contribution in [2.24, 2.45) is 0 Å².